The Bertz CT molecular complexity index is 1650. The highest BCUT2D eigenvalue weighted by atomic mass is 16.5. The minimum atomic E-state index is -1.53. The van der Waals surface area contributed by atoms with Gasteiger partial charge in [-0.1, -0.05) is 0 Å². The Morgan fingerprint density at radius 1 is 1.16 bits per heavy atom. The summed E-state index contributed by atoms with van der Waals surface area (Å²) in [5.41, 5.74) is 1.37. The van der Waals surface area contributed by atoms with Crippen molar-refractivity contribution in [3.05, 3.63) is 69.1 Å². The second kappa shape index (κ2) is 9.05. The van der Waals surface area contributed by atoms with Crippen molar-refractivity contribution in [2.45, 2.75) is 13.0 Å². The van der Waals surface area contributed by atoms with E-state index in [1.54, 1.807) is 48.0 Å². The molecule has 0 saturated heterocycles. The summed E-state index contributed by atoms with van der Waals surface area (Å²) >= 11 is 0. The van der Waals surface area contributed by atoms with Gasteiger partial charge in [0.1, 0.15) is 23.0 Å². The monoisotopic (exact) mass is 504 g/mol. The molecular formula is C27H24N2O8. The van der Waals surface area contributed by atoms with Gasteiger partial charge < -0.3 is 33.6 Å². The predicted molar refractivity (Wildman–Crippen MR) is 134 cm³/mol. The standard InChI is InChI=1S/C27H24N2O8/c1-28-16(13-30)8-15-9-19-22(11-20(15)28)37-7-6-18-24(19)29(26(32)23(25(18)31)27(33)34)12-14-4-5-17(35-2)10-21(14)36-3/h4-5,8-11,13,31H,6-7,12H2,1-3H3,(H,33,34). The van der Waals surface area contributed by atoms with Crippen molar-refractivity contribution in [1.82, 2.24) is 9.13 Å². The summed E-state index contributed by atoms with van der Waals surface area (Å²) in [5.74, 6) is -0.657. The highest BCUT2D eigenvalue weighted by Gasteiger charge is 2.30. The molecule has 0 fully saturated rings. The first-order valence-electron chi connectivity index (χ1n) is 11.4. The first kappa shape index (κ1) is 24.0. The molecule has 0 bridgehead atoms. The SMILES string of the molecule is COc1ccc(Cn2c3c(c(O)c(C(=O)O)c2=O)CCOc2cc4c(cc2-3)cc(C=O)n4C)c(OC)c1. The summed E-state index contributed by atoms with van der Waals surface area (Å²) in [5, 5.41) is 21.5. The van der Waals surface area contributed by atoms with Crippen LogP contribution in [-0.2, 0) is 20.0 Å². The van der Waals surface area contributed by atoms with Crippen molar-refractivity contribution in [1.29, 1.82) is 0 Å². The van der Waals surface area contributed by atoms with Crippen LogP contribution in [-0.4, -0.2) is 52.4 Å². The van der Waals surface area contributed by atoms with Crippen LogP contribution in [0.4, 0.5) is 0 Å². The van der Waals surface area contributed by atoms with Crippen LogP contribution < -0.4 is 19.8 Å². The van der Waals surface area contributed by atoms with Crippen LogP contribution in [0.1, 0.15) is 32.0 Å². The number of rotatable bonds is 6. The van der Waals surface area contributed by atoms with Crippen molar-refractivity contribution < 1.29 is 34.0 Å². The number of nitrogens with zero attached hydrogens (tertiary/aromatic N) is 2. The molecule has 2 aromatic heterocycles. The number of aldehydes is 1. The van der Waals surface area contributed by atoms with Crippen LogP contribution in [0.15, 0.2) is 41.2 Å². The number of hydrogen-bond acceptors (Lipinski definition) is 7. The summed E-state index contributed by atoms with van der Waals surface area (Å²) in [7, 11) is 4.77. The Balaban J connectivity index is 1.84. The molecule has 0 radical (unpaired) electrons. The van der Waals surface area contributed by atoms with Crippen molar-refractivity contribution in [3.63, 3.8) is 0 Å². The molecule has 37 heavy (non-hydrogen) atoms. The maximum absolute atomic E-state index is 13.6. The molecule has 1 aliphatic heterocycles. The van der Waals surface area contributed by atoms with Crippen molar-refractivity contribution in [3.8, 4) is 34.3 Å². The van der Waals surface area contributed by atoms with E-state index in [9.17, 15) is 24.6 Å². The number of aryl methyl sites for hydroxylation is 1. The minimum Gasteiger partial charge on any atom is -0.506 e. The average molecular weight is 504 g/mol. The Morgan fingerprint density at radius 2 is 1.95 bits per heavy atom. The quantitative estimate of drug-likeness (QED) is 0.383. The van der Waals surface area contributed by atoms with Gasteiger partial charge in [-0.15, -0.1) is 0 Å². The van der Waals surface area contributed by atoms with Gasteiger partial charge in [0.25, 0.3) is 5.56 Å². The molecule has 2 N–H and O–H groups in total. The number of carbonyl (C=O) groups is 2. The van der Waals surface area contributed by atoms with Gasteiger partial charge in [0, 0.05) is 47.7 Å². The molecule has 10 heteroatoms. The fourth-order valence-electron chi connectivity index (χ4n) is 4.87. The first-order chi connectivity index (χ1) is 17.8. The lowest BCUT2D eigenvalue weighted by molar-refractivity contribution is 0.0690. The molecule has 0 aliphatic carbocycles. The van der Waals surface area contributed by atoms with Crippen molar-refractivity contribution in [2.75, 3.05) is 20.8 Å². The number of carbonyl (C=O) groups excluding carboxylic acids is 1. The molecule has 0 amide bonds. The zero-order chi connectivity index (χ0) is 26.4. The van der Waals surface area contributed by atoms with Crippen LogP contribution in [0.3, 0.4) is 0 Å². The average Bonchev–Trinajstić information content (AvgIpc) is 3.07. The summed E-state index contributed by atoms with van der Waals surface area (Å²) < 4.78 is 19.8. The van der Waals surface area contributed by atoms with Crippen LogP contribution in [0, 0.1) is 0 Å². The highest BCUT2D eigenvalue weighted by Crippen LogP contribution is 2.42. The lowest BCUT2D eigenvalue weighted by Crippen LogP contribution is -2.30. The maximum Gasteiger partial charge on any atom is 0.345 e. The van der Waals surface area contributed by atoms with E-state index in [-0.39, 0.29) is 25.1 Å². The number of ether oxygens (including phenoxy) is 3. The van der Waals surface area contributed by atoms with Gasteiger partial charge in [-0.3, -0.25) is 9.59 Å². The number of aromatic hydroxyl groups is 1. The number of fused-ring (bicyclic) bond motifs is 4. The van der Waals surface area contributed by atoms with Crippen LogP contribution in [0.25, 0.3) is 22.2 Å². The van der Waals surface area contributed by atoms with Gasteiger partial charge in [-0.05, 0) is 24.3 Å². The van der Waals surface area contributed by atoms with Gasteiger partial charge in [0.15, 0.2) is 11.8 Å². The number of methoxy groups -OCH3 is 2. The summed E-state index contributed by atoms with van der Waals surface area (Å²) in [4.78, 5) is 37.1. The highest BCUT2D eigenvalue weighted by molar-refractivity contribution is 5.96. The number of aromatic carboxylic acids is 1. The Kier molecular flexibility index (Phi) is 5.87. The van der Waals surface area contributed by atoms with Crippen LogP contribution >= 0.6 is 0 Å². The number of carboxylic acids is 1. The minimum absolute atomic E-state index is 0.0409. The first-order valence-corrected chi connectivity index (χ1v) is 11.4. The summed E-state index contributed by atoms with van der Waals surface area (Å²) in [6, 6.07) is 10.4. The molecule has 190 valence electrons. The molecule has 0 unspecified atom stereocenters. The fraction of sp³-hybridized carbons (Fsp3) is 0.222. The third kappa shape index (κ3) is 3.77. The number of hydrogen-bond donors (Lipinski definition) is 2. The van der Waals surface area contributed by atoms with E-state index in [4.69, 9.17) is 14.2 Å². The smallest absolute Gasteiger partial charge is 0.345 e. The summed E-state index contributed by atoms with van der Waals surface area (Å²) in [6.07, 6.45) is 0.920. The number of pyridine rings is 1. The maximum atomic E-state index is 13.6. The van der Waals surface area contributed by atoms with E-state index >= 15 is 0 Å². The Morgan fingerprint density at radius 3 is 2.62 bits per heavy atom. The molecule has 0 spiro atoms. The van der Waals surface area contributed by atoms with Gasteiger partial charge in [0.05, 0.1) is 44.3 Å². The third-order valence-electron chi connectivity index (χ3n) is 6.74. The molecule has 4 aromatic rings. The zero-order valence-electron chi connectivity index (χ0n) is 20.4. The molecular weight excluding hydrogens is 480 g/mol. The second-order valence-electron chi connectivity index (χ2n) is 8.68. The van der Waals surface area contributed by atoms with Crippen molar-refractivity contribution >= 4 is 23.2 Å². The van der Waals surface area contributed by atoms with E-state index in [0.717, 1.165) is 17.2 Å². The molecule has 0 saturated carbocycles. The van der Waals surface area contributed by atoms with E-state index < -0.39 is 22.8 Å². The number of benzene rings is 2. The van der Waals surface area contributed by atoms with E-state index in [1.165, 1.54) is 18.8 Å². The molecule has 2 aromatic carbocycles. The van der Waals surface area contributed by atoms with Crippen LogP contribution in [0.5, 0.6) is 23.0 Å². The predicted octanol–water partition coefficient (Wildman–Crippen LogP) is 3.22. The van der Waals surface area contributed by atoms with E-state index in [0.29, 0.717) is 39.8 Å². The Labute approximate surface area is 210 Å². The third-order valence-corrected chi connectivity index (χ3v) is 6.74. The molecule has 1 aliphatic rings. The normalized spacial score (nSPS) is 12.3. The fourth-order valence-corrected chi connectivity index (χ4v) is 4.87. The van der Waals surface area contributed by atoms with Crippen LogP contribution in [0.2, 0.25) is 0 Å². The lowest BCUT2D eigenvalue weighted by Gasteiger charge is -2.20. The number of aromatic nitrogens is 2. The van der Waals surface area contributed by atoms with Gasteiger partial charge >= 0.3 is 5.97 Å². The van der Waals surface area contributed by atoms with Gasteiger partial charge in [-0.25, -0.2) is 4.79 Å². The second-order valence-corrected chi connectivity index (χ2v) is 8.68. The van der Waals surface area contributed by atoms with Gasteiger partial charge in [0.2, 0.25) is 0 Å². The van der Waals surface area contributed by atoms with Gasteiger partial charge in [-0.2, -0.15) is 0 Å². The Hall–Kier alpha value is -4.73. The largest absolute Gasteiger partial charge is 0.506 e. The summed E-state index contributed by atoms with van der Waals surface area (Å²) in [6.45, 7) is 0.105. The molecule has 10 nitrogen and oxygen atoms in total. The zero-order valence-corrected chi connectivity index (χ0v) is 20.4. The van der Waals surface area contributed by atoms with E-state index in [1.807, 2.05) is 0 Å². The molecule has 0 atom stereocenters. The topological polar surface area (TPSA) is 129 Å². The van der Waals surface area contributed by atoms with Crippen molar-refractivity contribution in [2.24, 2.45) is 7.05 Å². The molecule has 5 rings (SSSR count). The van der Waals surface area contributed by atoms with E-state index in [2.05, 4.69) is 0 Å². The number of carboxylic acid groups (broad SMARTS) is 1. The molecule has 3 heterocycles. The lowest BCUT2D eigenvalue weighted by atomic mass is 9.98.